The van der Waals surface area contributed by atoms with Crippen LogP contribution in [-0.4, -0.2) is 55.6 Å². The van der Waals surface area contributed by atoms with Gasteiger partial charge in [-0.3, -0.25) is 14.9 Å². The summed E-state index contributed by atoms with van der Waals surface area (Å²) in [7, 11) is 1.40. The van der Waals surface area contributed by atoms with Crippen LogP contribution in [0.3, 0.4) is 0 Å². The van der Waals surface area contributed by atoms with Crippen molar-refractivity contribution in [2.24, 2.45) is 5.92 Å². The Morgan fingerprint density at radius 1 is 1.35 bits per heavy atom. The van der Waals surface area contributed by atoms with Crippen molar-refractivity contribution in [3.05, 3.63) is 27.8 Å². The number of methoxy groups -OCH3 is 1. The number of hydrogen-bond donors (Lipinski definition) is 1. The highest BCUT2D eigenvalue weighted by Gasteiger charge is 2.25. The normalized spacial score (nSPS) is 15.5. The maximum atomic E-state index is 12.5. The number of carbonyl (C=O) groups excluding carboxylic acids is 1. The van der Waals surface area contributed by atoms with Gasteiger partial charge >= 0.3 is 0 Å². The van der Waals surface area contributed by atoms with E-state index in [1.165, 1.54) is 32.1 Å². The molecule has 0 aliphatic carbocycles. The Morgan fingerprint density at radius 2 is 2.04 bits per heavy atom. The van der Waals surface area contributed by atoms with Gasteiger partial charge in [-0.1, -0.05) is 6.92 Å². The zero-order valence-electron chi connectivity index (χ0n) is 15.6. The second-order valence-corrected chi connectivity index (χ2v) is 6.53. The lowest BCUT2D eigenvalue weighted by Crippen LogP contribution is -2.34. The number of nitro benzene ring substituents is 1. The second kappa shape index (κ2) is 9.38. The molecule has 0 saturated carbocycles. The molecule has 0 aromatic heterocycles. The molecular weight excluding hydrogens is 338 g/mol. The van der Waals surface area contributed by atoms with E-state index in [-0.39, 0.29) is 22.9 Å². The molecule has 8 heteroatoms. The highest BCUT2D eigenvalue weighted by atomic mass is 16.6. The van der Waals surface area contributed by atoms with Crippen molar-refractivity contribution in [1.82, 2.24) is 10.2 Å². The molecular formula is C18H27N3O5. The van der Waals surface area contributed by atoms with E-state index in [9.17, 15) is 14.9 Å². The van der Waals surface area contributed by atoms with Crippen molar-refractivity contribution in [1.29, 1.82) is 0 Å². The largest absolute Gasteiger partial charge is 0.493 e. The van der Waals surface area contributed by atoms with Gasteiger partial charge in [-0.2, -0.15) is 0 Å². The molecule has 1 heterocycles. The molecule has 1 unspecified atom stereocenters. The molecule has 8 nitrogen and oxygen atoms in total. The molecule has 1 aliphatic heterocycles. The minimum Gasteiger partial charge on any atom is -0.493 e. The number of nitrogens with zero attached hydrogens (tertiary/aromatic N) is 2. The fourth-order valence-electron chi connectivity index (χ4n) is 3.14. The van der Waals surface area contributed by atoms with Crippen molar-refractivity contribution in [2.75, 3.05) is 39.9 Å². The maximum absolute atomic E-state index is 12.5. The summed E-state index contributed by atoms with van der Waals surface area (Å²) in [6, 6.07) is 2.61. The monoisotopic (exact) mass is 365 g/mol. The third-order valence-corrected chi connectivity index (χ3v) is 4.40. The van der Waals surface area contributed by atoms with Crippen LogP contribution in [0.2, 0.25) is 0 Å². The summed E-state index contributed by atoms with van der Waals surface area (Å²) in [6.07, 6.45) is 2.44. The van der Waals surface area contributed by atoms with Crippen molar-refractivity contribution < 1.29 is 19.2 Å². The summed E-state index contributed by atoms with van der Waals surface area (Å²) in [4.78, 5) is 25.7. The third-order valence-electron chi connectivity index (χ3n) is 4.40. The number of nitrogens with one attached hydrogen (secondary N) is 1. The van der Waals surface area contributed by atoms with Gasteiger partial charge < -0.3 is 19.7 Å². The highest BCUT2D eigenvalue weighted by Crippen LogP contribution is 2.34. The number of benzene rings is 1. The van der Waals surface area contributed by atoms with Crippen molar-refractivity contribution in [2.45, 2.75) is 26.7 Å². The fourth-order valence-corrected chi connectivity index (χ4v) is 3.14. The van der Waals surface area contributed by atoms with Gasteiger partial charge in [-0.05, 0) is 38.8 Å². The van der Waals surface area contributed by atoms with Crippen LogP contribution in [0, 0.1) is 16.0 Å². The zero-order valence-corrected chi connectivity index (χ0v) is 15.6. The number of likely N-dealkylation sites (tertiary alicyclic amines) is 1. The quantitative estimate of drug-likeness (QED) is 0.534. The van der Waals surface area contributed by atoms with Crippen LogP contribution in [0.5, 0.6) is 11.5 Å². The predicted molar refractivity (Wildman–Crippen MR) is 98.0 cm³/mol. The highest BCUT2D eigenvalue weighted by molar-refractivity contribution is 5.99. The first-order chi connectivity index (χ1) is 12.5. The van der Waals surface area contributed by atoms with Gasteiger partial charge in [-0.15, -0.1) is 0 Å². The molecule has 1 atom stereocenters. The predicted octanol–water partition coefficient (Wildman–Crippen LogP) is 2.46. The number of hydrogen-bond acceptors (Lipinski definition) is 6. The van der Waals surface area contributed by atoms with Crippen LogP contribution in [0.4, 0.5) is 5.69 Å². The summed E-state index contributed by atoms with van der Waals surface area (Å²) >= 11 is 0. The molecule has 2 rings (SSSR count). The Bertz CT molecular complexity index is 644. The molecule has 0 radical (unpaired) electrons. The first-order valence-electron chi connectivity index (χ1n) is 8.96. The Hall–Kier alpha value is -2.35. The van der Waals surface area contributed by atoms with E-state index in [1.807, 2.05) is 0 Å². The summed E-state index contributed by atoms with van der Waals surface area (Å²) in [5, 5.41) is 14.2. The Kier molecular flexibility index (Phi) is 7.20. The van der Waals surface area contributed by atoms with Gasteiger partial charge in [0.15, 0.2) is 11.5 Å². The Labute approximate surface area is 153 Å². The maximum Gasteiger partial charge on any atom is 0.286 e. The summed E-state index contributed by atoms with van der Waals surface area (Å²) in [6.45, 7) is 7.78. The third kappa shape index (κ3) is 5.08. The lowest BCUT2D eigenvalue weighted by Gasteiger charge is -2.20. The molecule has 1 saturated heterocycles. The minimum atomic E-state index is -0.583. The topological polar surface area (TPSA) is 93.9 Å². The van der Waals surface area contributed by atoms with Crippen LogP contribution < -0.4 is 14.8 Å². The number of carbonyl (C=O) groups is 1. The van der Waals surface area contributed by atoms with Gasteiger partial charge in [0.25, 0.3) is 11.6 Å². The number of rotatable bonds is 9. The van der Waals surface area contributed by atoms with E-state index < -0.39 is 10.8 Å². The van der Waals surface area contributed by atoms with Crippen LogP contribution in [0.25, 0.3) is 0 Å². The van der Waals surface area contributed by atoms with Gasteiger partial charge in [0.05, 0.1) is 24.7 Å². The molecule has 26 heavy (non-hydrogen) atoms. The fraction of sp³-hybridized carbons (Fsp3) is 0.611. The van der Waals surface area contributed by atoms with Crippen molar-refractivity contribution >= 4 is 11.6 Å². The van der Waals surface area contributed by atoms with E-state index in [4.69, 9.17) is 9.47 Å². The average molecular weight is 365 g/mol. The lowest BCUT2D eigenvalue weighted by atomic mass is 10.1. The SMILES string of the molecule is CCOc1cc(C(=O)NCC(C)CN2CCCC2)c([N+](=O)[O-])cc1OC. The minimum absolute atomic E-state index is 0.0207. The first-order valence-corrected chi connectivity index (χ1v) is 8.96. The van der Waals surface area contributed by atoms with E-state index in [0.29, 0.717) is 18.9 Å². The standard InChI is InChI=1S/C18H27N3O5/c1-4-26-17-9-14(15(21(23)24)10-16(17)25-3)18(22)19-11-13(2)12-20-7-5-6-8-20/h9-10,13H,4-8,11-12H2,1-3H3,(H,19,22). The Morgan fingerprint density at radius 3 is 2.62 bits per heavy atom. The van der Waals surface area contributed by atoms with Crippen LogP contribution >= 0.6 is 0 Å². The lowest BCUT2D eigenvalue weighted by molar-refractivity contribution is -0.385. The van der Waals surface area contributed by atoms with Crippen molar-refractivity contribution in [3.63, 3.8) is 0 Å². The summed E-state index contributed by atoms with van der Waals surface area (Å²) in [5.74, 6) is 0.336. The smallest absolute Gasteiger partial charge is 0.286 e. The molecule has 1 fully saturated rings. The van der Waals surface area contributed by atoms with Gasteiger partial charge in [0.1, 0.15) is 5.56 Å². The zero-order chi connectivity index (χ0) is 19.1. The first kappa shape index (κ1) is 20.0. The molecule has 144 valence electrons. The van der Waals surface area contributed by atoms with Gasteiger partial charge in [0, 0.05) is 19.2 Å². The molecule has 1 aromatic rings. The summed E-state index contributed by atoms with van der Waals surface area (Å²) in [5.41, 5.74) is -0.317. The van der Waals surface area contributed by atoms with Crippen LogP contribution in [0.15, 0.2) is 12.1 Å². The number of ether oxygens (including phenoxy) is 2. The van der Waals surface area contributed by atoms with Crippen molar-refractivity contribution in [3.8, 4) is 11.5 Å². The molecule has 0 bridgehead atoms. The van der Waals surface area contributed by atoms with Gasteiger partial charge in [-0.25, -0.2) is 0 Å². The molecule has 1 amide bonds. The van der Waals surface area contributed by atoms with E-state index >= 15 is 0 Å². The van der Waals surface area contributed by atoms with Crippen LogP contribution in [-0.2, 0) is 0 Å². The molecule has 1 aromatic carbocycles. The average Bonchev–Trinajstić information content (AvgIpc) is 3.12. The molecule has 1 N–H and O–H groups in total. The Balaban J connectivity index is 2.10. The van der Waals surface area contributed by atoms with E-state index in [0.717, 1.165) is 19.6 Å². The van der Waals surface area contributed by atoms with E-state index in [2.05, 4.69) is 17.1 Å². The van der Waals surface area contributed by atoms with Crippen LogP contribution in [0.1, 0.15) is 37.0 Å². The molecule has 1 aliphatic rings. The summed E-state index contributed by atoms with van der Waals surface area (Å²) < 4.78 is 10.6. The van der Waals surface area contributed by atoms with Gasteiger partial charge in [0.2, 0.25) is 0 Å². The number of amides is 1. The molecule has 0 spiro atoms. The number of nitro groups is 1. The second-order valence-electron chi connectivity index (χ2n) is 6.53. The van der Waals surface area contributed by atoms with E-state index in [1.54, 1.807) is 6.92 Å².